The van der Waals surface area contributed by atoms with Crippen molar-refractivity contribution in [3.05, 3.63) is 16.1 Å². The van der Waals surface area contributed by atoms with Crippen LogP contribution in [0, 0.1) is 0 Å². The summed E-state index contributed by atoms with van der Waals surface area (Å²) < 4.78 is 0. The summed E-state index contributed by atoms with van der Waals surface area (Å²) in [5, 5.41) is 2.99. The van der Waals surface area contributed by atoms with Crippen LogP contribution in [0.3, 0.4) is 0 Å². The third kappa shape index (κ3) is 2.04. The molecule has 19 heavy (non-hydrogen) atoms. The first-order chi connectivity index (χ1) is 9.08. The molecule has 1 atom stereocenters. The largest absolute Gasteiger partial charge is 0.327 e. The number of carbonyl (C=O) groups is 2. The standard InChI is InChI=1S/C13H17N3O2S/c1-8(2)11-14-9(7-19-11)6-16-12(17)10-4-3-5-15(10)13(16)18/h7-8,10H,3-6H2,1-2H3/t10-/m1/s1. The predicted molar refractivity (Wildman–Crippen MR) is 71.9 cm³/mol. The van der Waals surface area contributed by atoms with Gasteiger partial charge in [-0.25, -0.2) is 9.78 Å². The van der Waals surface area contributed by atoms with E-state index in [9.17, 15) is 9.59 Å². The van der Waals surface area contributed by atoms with Crippen molar-refractivity contribution in [1.82, 2.24) is 14.8 Å². The highest BCUT2D eigenvalue weighted by Gasteiger charge is 2.47. The SMILES string of the molecule is CC(C)c1nc(CN2C(=O)[C@H]3CCCN3C2=O)cs1. The zero-order valence-corrected chi connectivity index (χ0v) is 11.9. The minimum absolute atomic E-state index is 0.0541. The number of rotatable bonds is 3. The molecule has 5 nitrogen and oxygen atoms in total. The molecule has 0 spiro atoms. The second-order valence-corrected chi connectivity index (χ2v) is 6.28. The zero-order valence-electron chi connectivity index (χ0n) is 11.1. The molecule has 6 heteroatoms. The highest BCUT2D eigenvalue weighted by atomic mass is 32.1. The molecule has 0 aliphatic carbocycles. The van der Waals surface area contributed by atoms with Crippen LogP contribution in [0.25, 0.3) is 0 Å². The molecular formula is C13H17N3O2S. The Morgan fingerprint density at radius 2 is 2.26 bits per heavy atom. The number of hydrogen-bond acceptors (Lipinski definition) is 4. The van der Waals surface area contributed by atoms with Crippen molar-refractivity contribution in [1.29, 1.82) is 0 Å². The second-order valence-electron chi connectivity index (χ2n) is 5.39. The van der Waals surface area contributed by atoms with E-state index in [2.05, 4.69) is 18.8 Å². The third-order valence-corrected chi connectivity index (χ3v) is 4.86. The molecule has 2 aliphatic heterocycles. The van der Waals surface area contributed by atoms with Crippen LogP contribution in [-0.2, 0) is 11.3 Å². The van der Waals surface area contributed by atoms with Crippen LogP contribution in [0.1, 0.15) is 43.3 Å². The smallest absolute Gasteiger partial charge is 0.312 e. The zero-order chi connectivity index (χ0) is 13.6. The monoisotopic (exact) mass is 279 g/mol. The van der Waals surface area contributed by atoms with Crippen molar-refractivity contribution >= 4 is 23.3 Å². The van der Waals surface area contributed by atoms with Crippen molar-refractivity contribution < 1.29 is 9.59 Å². The van der Waals surface area contributed by atoms with E-state index in [1.54, 1.807) is 16.2 Å². The lowest BCUT2D eigenvalue weighted by atomic mass is 10.2. The molecule has 2 saturated heterocycles. The molecule has 1 aromatic rings. The van der Waals surface area contributed by atoms with Gasteiger partial charge in [-0.05, 0) is 12.8 Å². The minimum Gasteiger partial charge on any atom is -0.312 e. The average Bonchev–Trinajstić information content (AvgIpc) is 3.06. The highest BCUT2D eigenvalue weighted by Crippen LogP contribution is 2.29. The lowest BCUT2D eigenvalue weighted by Gasteiger charge is -2.14. The summed E-state index contributed by atoms with van der Waals surface area (Å²) in [7, 11) is 0. The first-order valence-electron chi connectivity index (χ1n) is 6.64. The summed E-state index contributed by atoms with van der Waals surface area (Å²) >= 11 is 1.59. The number of imide groups is 1. The van der Waals surface area contributed by atoms with Crippen LogP contribution in [0.2, 0.25) is 0 Å². The molecule has 0 saturated carbocycles. The van der Waals surface area contributed by atoms with E-state index in [1.165, 1.54) is 4.90 Å². The van der Waals surface area contributed by atoms with E-state index in [0.717, 1.165) is 23.5 Å². The summed E-state index contributed by atoms with van der Waals surface area (Å²) in [5.74, 6) is 0.327. The van der Waals surface area contributed by atoms with Gasteiger partial charge in [0.1, 0.15) is 6.04 Å². The van der Waals surface area contributed by atoms with Crippen molar-refractivity contribution in [3.63, 3.8) is 0 Å². The lowest BCUT2D eigenvalue weighted by Crippen LogP contribution is -2.32. The van der Waals surface area contributed by atoms with Crippen molar-refractivity contribution in [3.8, 4) is 0 Å². The van der Waals surface area contributed by atoms with Crippen molar-refractivity contribution in [2.75, 3.05) is 6.54 Å². The Morgan fingerprint density at radius 3 is 2.89 bits per heavy atom. The fourth-order valence-electron chi connectivity index (χ4n) is 2.65. The van der Waals surface area contributed by atoms with Gasteiger partial charge < -0.3 is 4.90 Å². The number of urea groups is 1. The number of carbonyl (C=O) groups excluding carboxylic acids is 2. The Balaban J connectivity index is 1.76. The maximum absolute atomic E-state index is 12.2. The number of fused-ring (bicyclic) bond motifs is 1. The van der Waals surface area contributed by atoms with E-state index in [-0.39, 0.29) is 18.0 Å². The number of aromatic nitrogens is 1. The van der Waals surface area contributed by atoms with Gasteiger partial charge in [0, 0.05) is 17.8 Å². The van der Waals surface area contributed by atoms with Gasteiger partial charge in [-0.1, -0.05) is 13.8 Å². The maximum Gasteiger partial charge on any atom is 0.327 e. The number of amides is 3. The summed E-state index contributed by atoms with van der Waals surface area (Å²) in [6, 6.07) is -0.359. The topological polar surface area (TPSA) is 53.5 Å². The van der Waals surface area contributed by atoms with Gasteiger partial charge in [0.25, 0.3) is 5.91 Å². The predicted octanol–water partition coefficient (Wildman–Crippen LogP) is 2.19. The molecular weight excluding hydrogens is 262 g/mol. The summed E-state index contributed by atoms with van der Waals surface area (Å²) in [6.07, 6.45) is 1.74. The van der Waals surface area contributed by atoms with E-state index >= 15 is 0 Å². The van der Waals surface area contributed by atoms with Gasteiger partial charge in [0.15, 0.2) is 0 Å². The van der Waals surface area contributed by atoms with Gasteiger partial charge in [0.2, 0.25) is 0 Å². The first kappa shape index (κ1) is 12.6. The van der Waals surface area contributed by atoms with Crippen molar-refractivity contribution in [2.45, 2.75) is 45.2 Å². The Kier molecular flexibility index (Phi) is 3.05. The maximum atomic E-state index is 12.2. The van der Waals surface area contributed by atoms with E-state index < -0.39 is 0 Å². The molecule has 102 valence electrons. The fraction of sp³-hybridized carbons (Fsp3) is 0.615. The quantitative estimate of drug-likeness (QED) is 0.797. The van der Waals surface area contributed by atoms with Gasteiger partial charge in [0.05, 0.1) is 17.2 Å². The van der Waals surface area contributed by atoms with E-state index in [0.29, 0.717) is 19.0 Å². The molecule has 3 rings (SSSR count). The van der Waals surface area contributed by atoms with Crippen LogP contribution in [-0.4, -0.2) is 39.3 Å². The lowest BCUT2D eigenvalue weighted by molar-refractivity contribution is -0.128. The van der Waals surface area contributed by atoms with Crippen LogP contribution in [0.15, 0.2) is 5.38 Å². The molecule has 0 bridgehead atoms. The molecule has 3 amide bonds. The Labute approximate surface area is 116 Å². The molecule has 0 aromatic carbocycles. The minimum atomic E-state index is -0.212. The molecule has 1 aromatic heterocycles. The Bertz CT molecular complexity index is 504. The second kappa shape index (κ2) is 4.59. The fourth-order valence-corrected chi connectivity index (χ4v) is 3.48. The van der Waals surface area contributed by atoms with Gasteiger partial charge in [-0.2, -0.15) is 0 Å². The van der Waals surface area contributed by atoms with Gasteiger partial charge in [-0.15, -0.1) is 11.3 Å². The third-order valence-electron chi connectivity index (χ3n) is 3.66. The van der Waals surface area contributed by atoms with Gasteiger partial charge >= 0.3 is 6.03 Å². The molecule has 0 radical (unpaired) electrons. The first-order valence-corrected chi connectivity index (χ1v) is 7.52. The normalized spacial score (nSPS) is 22.8. The van der Waals surface area contributed by atoms with Crippen LogP contribution in [0.5, 0.6) is 0 Å². The van der Waals surface area contributed by atoms with E-state index in [4.69, 9.17) is 0 Å². The van der Waals surface area contributed by atoms with E-state index in [1.807, 2.05) is 5.38 Å². The van der Waals surface area contributed by atoms with Crippen LogP contribution in [0.4, 0.5) is 4.79 Å². The summed E-state index contributed by atoms with van der Waals surface area (Å²) in [6.45, 7) is 5.20. The average molecular weight is 279 g/mol. The van der Waals surface area contributed by atoms with Gasteiger partial charge in [-0.3, -0.25) is 9.69 Å². The molecule has 0 unspecified atom stereocenters. The summed E-state index contributed by atoms with van der Waals surface area (Å²) in [4.78, 5) is 31.9. The van der Waals surface area contributed by atoms with Crippen molar-refractivity contribution in [2.24, 2.45) is 0 Å². The van der Waals surface area contributed by atoms with Crippen LogP contribution >= 0.6 is 11.3 Å². The highest BCUT2D eigenvalue weighted by molar-refractivity contribution is 7.09. The number of nitrogens with zero attached hydrogens (tertiary/aromatic N) is 3. The number of thiazole rings is 1. The molecule has 2 fully saturated rings. The Morgan fingerprint density at radius 1 is 1.47 bits per heavy atom. The molecule has 0 N–H and O–H groups in total. The van der Waals surface area contributed by atoms with Crippen LogP contribution < -0.4 is 0 Å². The molecule has 3 heterocycles. The molecule has 2 aliphatic rings. The number of hydrogen-bond donors (Lipinski definition) is 0. The summed E-state index contributed by atoms with van der Waals surface area (Å²) in [5.41, 5.74) is 0.816. The Hall–Kier alpha value is -1.43.